The van der Waals surface area contributed by atoms with E-state index in [9.17, 15) is 4.79 Å². The molecule has 1 aliphatic rings. The van der Waals surface area contributed by atoms with Gasteiger partial charge < -0.3 is 10.6 Å². The van der Waals surface area contributed by atoms with Crippen molar-refractivity contribution in [3.63, 3.8) is 0 Å². The average molecular weight is 219 g/mol. The van der Waals surface area contributed by atoms with Crippen LogP contribution in [0.4, 0.5) is 0 Å². The Morgan fingerprint density at radius 2 is 2.38 bits per heavy atom. The zero-order chi connectivity index (χ0) is 11.5. The van der Waals surface area contributed by atoms with Crippen LogP contribution in [0.25, 0.3) is 0 Å². The number of hydrogen-bond acceptors (Lipinski definition) is 3. The molecule has 2 unspecified atom stereocenters. The lowest BCUT2D eigenvalue weighted by atomic mass is 9.94. The molecule has 2 atom stereocenters. The van der Waals surface area contributed by atoms with Crippen LogP contribution in [0.3, 0.4) is 0 Å². The molecule has 0 aliphatic carbocycles. The van der Waals surface area contributed by atoms with Gasteiger partial charge in [0.15, 0.2) is 0 Å². The Kier molecular flexibility index (Phi) is 3.19. The fourth-order valence-electron chi connectivity index (χ4n) is 2.00. The lowest BCUT2D eigenvalue weighted by Crippen LogP contribution is -2.48. The zero-order valence-corrected chi connectivity index (χ0v) is 9.47. The summed E-state index contributed by atoms with van der Waals surface area (Å²) in [6.45, 7) is 3.56. The maximum atomic E-state index is 12.1. The summed E-state index contributed by atoms with van der Waals surface area (Å²) >= 11 is 0. The second-order valence-corrected chi connectivity index (χ2v) is 4.40. The summed E-state index contributed by atoms with van der Waals surface area (Å²) in [7, 11) is 0. The van der Waals surface area contributed by atoms with E-state index >= 15 is 0 Å². The van der Waals surface area contributed by atoms with E-state index in [0.717, 1.165) is 19.5 Å². The quantitative estimate of drug-likeness (QED) is 0.763. The van der Waals surface area contributed by atoms with Gasteiger partial charge in [-0.2, -0.15) is 0 Å². The monoisotopic (exact) mass is 219 g/mol. The van der Waals surface area contributed by atoms with Gasteiger partial charge in [-0.25, -0.2) is 0 Å². The molecule has 1 aliphatic heterocycles. The molecule has 16 heavy (non-hydrogen) atoms. The van der Waals surface area contributed by atoms with Crippen molar-refractivity contribution in [1.29, 1.82) is 0 Å². The molecular weight excluding hydrogens is 202 g/mol. The second kappa shape index (κ2) is 4.61. The van der Waals surface area contributed by atoms with E-state index in [1.807, 2.05) is 17.0 Å². The van der Waals surface area contributed by atoms with E-state index in [1.165, 1.54) is 0 Å². The van der Waals surface area contributed by atoms with Crippen LogP contribution in [0, 0.1) is 5.92 Å². The summed E-state index contributed by atoms with van der Waals surface area (Å²) < 4.78 is 0. The Labute approximate surface area is 95.5 Å². The number of piperidine rings is 1. The molecule has 1 amide bonds. The summed E-state index contributed by atoms with van der Waals surface area (Å²) in [6, 6.07) is 5.61. The minimum absolute atomic E-state index is 0.0133. The van der Waals surface area contributed by atoms with Crippen molar-refractivity contribution < 1.29 is 4.79 Å². The van der Waals surface area contributed by atoms with Gasteiger partial charge in [0.2, 0.25) is 0 Å². The van der Waals surface area contributed by atoms with Gasteiger partial charge in [0.05, 0.1) is 0 Å². The van der Waals surface area contributed by atoms with E-state index in [1.54, 1.807) is 12.3 Å². The van der Waals surface area contributed by atoms with Crippen LogP contribution in [0.1, 0.15) is 23.8 Å². The third-order valence-corrected chi connectivity index (χ3v) is 3.14. The first-order chi connectivity index (χ1) is 7.68. The molecule has 1 saturated heterocycles. The summed E-state index contributed by atoms with van der Waals surface area (Å²) in [5.74, 6) is 0.376. The molecule has 1 aromatic rings. The fraction of sp³-hybridized carbons (Fsp3) is 0.500. The lowest BCUT2D eigenvalue weighted by molar-refractivity contribution is 0.0658. The number of nitrogens with two attached hydrogens (primary N) is 1. The Hall–Kier alpha value is -1.42. The topological polar surface area (TPSA) is 59.2 Å². The van der Waals surface area contributed by atoms with Crippen molar-refractivity contribution in [1.82, 2.24) is 9.88 Å². The molecule has 0 bridgehead atoms. The van der Waals surface area contributed by atoms with Gasteiger partial charge in [-0.1, -0.05) is 13.0 Å². The molecule has 2 heterocycles. The molecular formula is C12H17N3O. The van der Waals surface area contributed by atoms with Gasteiger partial charge in [-0.3, -0.25) is 9.78 Å². The smallest absolute Gasteiger partial charge is 0.272 e. The Balaban J connectivity index is 2.06. The highest BCUT2D eigenvalue weighted by atomic mass is 16.2. The molecule has 0 spiro atoms. The minimum atomic E-state index is 0.0133. The van der Waals surface area contributed by atoms with E-state index < -0.39 is 0 Å². The summed E-state index contributed by atoms with van der Waals surface area (Å²) in [5, 5.41) is 0. The molecule has 0 saturated carbocycles. The van der Waals surface area contributed by atoms with Crippen LogP contribution in [0.2, 0.25) is 0 Å². The van der Waals surface area contributed by atoms with Crippen molar-refractivity contribution in [3.8, 4) is 0 Å². The third kappa shape index (κ3) is 2.22. The molecule has 2 N–H and O–H groups in total. The number of nitrogens with zero attached hydrogens (tertiary/aromatic N) is 2. The van der Waals surface area contributed by atoms with Crippen LogP contribution in [0.15, 0.2) is 24.4 Å². The Morgan fingerprint density at radius 1 is 1.56 bits per heavy atom. The Morgan fingerprint density at radius 3 is 3.00 bits per heavy atom. The second-order valence-electron chi connectivity index (χ2n) is 4.40. The van der Waals surface area contributed by atoms with Crippen molar-refractivity contribution in [2.45, 2.75) is 19.4 Å². The predicted octanol–water partition coefficient (Wildman–Crippen LogP) is 0.891. The third-order valence-electron chi connectivity index (χ3n) is 3.14. The lowest BCUT2D eigenvalue weighted by Gasteiger charge is -2.34. The average Bonchev–Trinajstić information content (AvgIpc) is 2.33. The molecule has 4 heteroatoms. The maximum Gasteiger partial charge on any atom is 0.272 e. The van der Waals surface area contributed by atoms with E-state index in [-0.39, 0.29) is 11.9 Å². The summed E-state index contributed by atoms with van der Waals surface area (Å²) in [6.07, 6.45) is 2.52. The van der Waals surface area contributed by atoms with Gasteiger partial charge in [0.1, 0.15) is 5.69 Å². The molecule has 0 aromatic carbocycles. The number of pyridine rings is 1. The highest BCUT2D eigenvalue weighted by Crippen LogP contribution is 2.16. The number of rotatable bonds is 1. The normalized spacial score (nSPS) is 25.5. The van der Waals surface area contributed by atoms with E-state index in [0.29, 0.717) is 11.6 Å². The van der Waals surface area contributed by atoms with Crippen LogP contribution in [-0.4, -0.2) is 34.9 Å². The number of carbonyl (C=O) groups excluding carboxylic acids is 1. The molecule has 4 nitrogen and oxygen atoms in total. The summed E-state index contributed by atoms with van der Waals surface area (Å²) in [4.78, 5) is 18.0. The van der Waals surface area contributed by atoms with Gasteiger partial charge in [0.25, 0.3) is 5.91 Å². The molecule has 0 radical (unpaired) electrons. The SMILES string of the molecule is CC1CN(C(=O)c2ccccn2)CCC1N. The van der Waals surface area contributed by atoms with Crippen LogP contribution in [0.5, 0.6) is 0 Å². The number of likely N-dealkylation sites (tertiary alicyclic amines) is 1. The van der Waals surface area contributed by atoms with Crippen molar-refractivity contribution in [2.24, 2.45) is 11.7 Å². The highest BCUT2D eigenvalue weighted by Gasteiger charge is 2.27. The van der Waals surface area contributed by atoms with Crippen molar-refractivity contribution in [3.05, 3.63) is 30.1 Å². The maximum absolute atomic E-state index is 12.1. The number of aromatic nitrogens is 1. The fourth-order valence-corrected chi connectivity index (χ4v) is 2.00. The number of hydrogen-bond donors (Lipinski definition) is 1. The highest BCUT2D eigenvalue weighted by molar-refractivity contribution is 5.92. The summed E-state index contributed by atoms with van der Waals surface area (Å²) in [5.41, 5.74) is 6.44. The first-order valence-electron chi connectivity index (χ1n) is 5.64. The van der Waals surface area contributed by atoms with Gasteiger partial charge in [-0.15, -0.1) is 0 Å². The molecule has 2 rings (SSSR count). The minimum Gasteiger partial charge on any atom is -0.337 e. The van der Waals surface area contributed by atoms with E-state index in [2.05, 4.69) is 11.9 Å². The van der Waals surface area contributed by atoms with Crippen LogP contribution in [-0.2, 0) is 0 Å². The van der Waals surface area contributed by atoms with Gasteiger partial charge in [-0.05, 0) is 24.5 Å². The predicted molar refractivity (Wildman–Crippen MR) is 61.9 cm³/mol. The van der Waals surface area contributed by atoms with Crippen LogP contribution < -0.4 is 5.73 Å². The number of amides is 1. The van der Waals surface area contributed by atoms with E-state index in [4.69, 9.17) is 5.73 Å². The largest absolute Gasteiger partial charge is 0.337 e. The first-order valence-corrected chi connectivity index (χ1v) is 5.64. The van der Waals surface area contributed by atoms with Crippen molar-refractivity contribution >= 4 is 5.91 Å². The molecule has 86 valence electrons. The van der Waals surface area contributed by atoms with Crippen molar-refractivity contribution in [2.75, 3.05) is 13.1 Å². The molecule has 1 fully saturated rings. The van der Waals surface area contributed by atoms with Gasteiger partial charge in [0, 0.05) is 25.3 Å². The zero-order valence-electron chi connectivity index (χ0n) is 9.47. The van der Waals surface area contributed by atoms with Gasteiger partial charge >= 0.3 is 0 Å². The van der Waals surface area contributed by atoms with Crippen LogP contribution >= 0.6 is 0 Å². The first kappa shape index (κ1) is 11.1. The standard InChI is InChI=1S/C12H17N3O/c1-9-8-15(7-5-10(9)13)12(16)11-4-2-3-6-14-11/h2-4,6,9-10H,5,7-8,13H2,1H3. The molecule has 1 aromatic heterocycles. The Bertz CT molecular complexity index is 366. The number of carbonyl (C=O) groups is 1.